The molecule has 2 aromatic rings. The normalized spacial score (nSPS) is 16.3. The van der Waals surface area contributed by atoms with E-state index < -0.39 is 0 Å². The minimum absolute atomic E-state index is 0.00762. The van der Waals surface area contributed by atoms with Crippen molar-refractivity contribution in [1.82, 2.24) is 0 Å². The maximum Gasteiger partial charge on any atom is 0.232 e. The van der Waals surface area contributed by atoms with E-state index >= 15 is 0 Å². The summed E-state index contributed by atoms with van der Waals surface area (Å²) in [6.45, 7) is 0. The molecule has 114 valence electrons. The van der Waals surface area contributed by atoms with Crippen LogP contribution in [0.15, 0.2) is 48.5 Å². The molecule has 1 N–H and O–H groups in total. The van der Waals surface area contributed by atoms with Crippen LogP contribution < -0.4 is 10.2 Å². The largest absolute Gasteiger partial charge is 0.378 e. The number of carbonyl (C=O) groups excluding carboxylic acids is 1. The van der Waals surface area contributed by atoms with Crippen molar-refractivity contribution in [2.45, 2.75) is 25.2 Å². The van der Waals surface area contributed by atoms with Crippen LogP contribution in [0.25, 0.3) is 0 Å². The monoisotopic (exact) mass is 294 g/mol. The summed E-state index contributed by atoms with van der Waals surface area (Å²) >= 11 is 0. The first-order valence-corrected chi connectivity index (χ1v) is 7.81. The van der Waals surface area contributed by atoms with Gasteiger partial charge < -0.3 is 10.2 Å². The molecule has 22 heavy (non-hydrogen) atoms. The van der Waals surface area contributed by atoms with Crippen LogP contribution in [-0.4, -0.2) is 20.0 Å². The molecule has 3 heteroatoms. The Bertz CT molecular complexity index is 679. The third kappa shape index (κ3) is 2.98. The number of benzene rings is 2. The van der Waals surface area contributed by atoms with Gasteiger partial charge in [-0.2, -0.15) is 0 Å². The maximum atomic E-state index is 12.1. The van der Waals surface area contributed by atoms with Crippen molar-refractivity contribution in [3.63, 3.8) is 0 Å². The number of nitrogens with one attached hydrogen (secondary N) is 1. The third-order valence-electron chi connectivity index (χ3n) is 4.30. The standard InChI is InChI=1S/C19H22N2O/c1-21(2)15-9-5-7-14(13-15)8-6-11-17-16-10-3-4-12-18(16)20-19(17)22/h3-5,7,9-10,12-13,17H,6,8,11H2,1-2H3,(H,20,22). The Hall–Kier alpha value is -2.29. The fourth-order valence-corrected chi connectivity index (χ4v) is 3.06. The zero-order chi connectivity index (χ0) is 15.5. The van der Waals surface area contributed by atoms with Gasteiger partial charge in [0.2, 0.25) is 5.91 Å². The molecule has 1 heterocycles. The predicted octanol–water partition coefficient (Wildman–Crippen LogP) is 3.81. The zero-order valence-corrected chi connectivity index (χ0v) is 13.2. The van der Waals surface area contributed by atoms with Gasteiger partial charge in [-0.15, -0.1) is 0 Å². The Morgan fingerprint density at radius 2 is 1.91 bits per heavy atom. The fourth-order valence-electron chi connectivity index (χ4n) is 3.06. The van der Waals surface area contributed by atoms with Crippen LogP contribution in [0.1, 0.15) is 29.9 Å². The third-order valence-corrected chi connectivity index (χ3v) is 4.30. The van der Waals surface area contributed by atoms with Gasteiger partial charge in [0.1, 0.15) is 0 Å². The number of anilines is 2. The molecule has 0 fully saturated rings. The number of aryl methyl sites for hydroxylation is 1. The van der Waals surface area contributed by atoms with E-state index in [1.807, 2.05) is 18.2 Å². The van der Waals surface area contributed by atoms with E-state index in [1.165, 1.54) is 11.3 Å². The summed E-state index contributed by atoms with van der Waals surface area (Å²) in [5.41, 5.74) is 4.68. The van der Waals surface area contributed by atoms with Crippen molar-refractivity contribution >= 4 is 17.3 Å². The second-order valence-electron chi connectivity index (χ2n) is 6.09. The molecule has 2 aromatic carbocycles. The zero-order valence-electron chi connectivity index (χ0n) is 13.2. The number of para-hydroxylation sites is 1. The van der Waals surface area contributed by atoms with Crippen LogP contribution in [0.3, 0.4) is 0 Å². The first-order chi connectivity index (χ1) is 10.6. The van der Waals surface area contributed by atoms with Gasteiger partial charge in [0, 0.05) is 25.5 Å². The number of amides is 1. The van der Waals surface area contributed by atoms with Gasteiger partial charge in [-0.1, -0.05) is 30.3 Å². The molecule has 0 aromatic heterocycles. The van der Waals surface area contributed by atoms with E-state index in [4.69, 9.17) is 0 Å². The Kier molecular flexibility index (Phi) is 4.14. The first-order valence-electron chi connectivity index (χ1n) is 7.81. The van der Waals surface area contributed by atoms with E-state index in [0.29, 0.717) is 0 Å². The minimum Gasteiger partial charge on any atom is -0.378 e. The molecule has 0 aliphatic carbocycles. The number of rotatable bonds is 5. The summed E-state index contributed by atoms with van der Waals surface area (Å²) in [7, 11) is 4.11. The van der Waals surface area contributed by atoms with E-state index in [9.17, 15) is 4.79 Å². The quantitative estimate of drug-likeness (QED) is 0.909. The second kappa shape index (κ2) is 6.22. The lowest BCUT2D eigenvalue weighted by Gasteiger charge is -2.14. The van der Waals surface area contributed by atoms with Crippen molar-refractivity contribution in [2.75, 3.05) is 24.3 Å². The second-order valence-corrected chi connectivity index (χ2v) is 6.09. The Morgan fingerprint density at radius 1 is 1.09 bits per heavy atom. The fraction of sp³-hybridized carbons (Fsp3) is 0.316. The van der Waals surface area contributed by atoms with E-state index in [1.54, 1.807) is 0 Å². The smallest absolute Gasteiger partial charge is 0.232 e. The molecular weight excluding hydrogens is 272 g/mol. The summed E-state index contributed by atoms with van der Waals surface area (Å²) in [4.78, 5) is 14.2. The summed E-state index contributed by atoms with van der Waals surface area (Å²) in [6.07, 6.45) is 2.92. The lowest BCUT2D eigenvalue weighted by molar-refractivity contribution is -0.117. The van der Waals surface area contributed by atoms with Crippen molar-refractivity contribution in [3.8, 4) is 0 Å². The van der Waals surface area contributed by atoms with Gasteiger partial charge in [-0.3, -0.25) is 4.79 Å². The minimum atomic E-state index is 0.00762. The van der Waals surface area contributed by atoms with Crippen molar-refractivity contribution in [2.24, 2.45) is 0 Å². The summed E-state index contributed by atoms with van der Waals surface area (Å²) in [6, 6.07) is 16.6. The summed E-state index contributed by atoms with van der Waals surface area (Å²) < 4.78 is 0. The molecule has 0 saturated heterocycles. The molecule has 1 aliphatic rings. The van der Waals surface area contributed by atoms with Gasteiger partial charge >= 0.3 is 0 Å². The average Bonchev–Trinajstić information content (AvgIpc) is 2.84. The van der Waals surface area contributed by atoms with Crippen molar-refractivity contribution < 1.29 is 4.79 Å². The molecule has 1 aliphatic heterocycles. The molecule has 3 rings (SSSR count). The highest BCUT2D eigenvalue weighted by Crippen LogP contribution is 2.35. The van der Waals surface area contributed by atoms with Gasteiger partial charge in [0.05, 0.1) is 5.92 Å². The number of nitrogens with zero attached hydrogens (tertiary/aromatic N) is 1. The van der Waals surface area contributed by atoms with Crippen LogP contribution >= 0.6 is 0 Å². The molecule has 0 bridgehead atoms. The summed E-state index contributed by atoms with van der Waals surface area (Å²) in [5.74, 6) is 0.150. The number of hydrogen-bond donors (Lipinski definition) is 1. The number of fused-ring (bicyclic) bond motifs is 1. The number of carbonyl (C=O) groups is 1. The molecular formula is C19H22N2O. The summed E-state index contributed by atoms with van der Waals surface area (Å²) in [5, 5.41) is 2.97. The molecule has 3 nitrogen and oxygen atoms in total. The van der Waals surface area contributed by atoms with E-state index in [2.05, 4.69) is 54.6 Å². The topological polar surface area (TPSA) is 32.3 Å². The van der Waals surface area contributed by atoms with Crippen LogP contribution in [0.2, 0.25) is 0 Å². The van der Waals surface area contributed by atoms with Crippen molar-refractivity contribution in [1.29, 1.82) is 0 Å². The van der Waals surface area contributed by atoms with Crippen LogP contribution in [0.4, 0.5) is 11.4 Å². The van der Waals surface area contributed by atoms with Crippen LogP contribution in [0, 0.1) is 0 Å². The van der Waals surface area contributed by atoms with Gasteiger partial charge in [-0.25, -0.2) is 0 Å². The Morgan fingerprint density at radius 3 is 2.73 bits per heavy atom. The van der Waals surface area contributed by atoms with Gasteiger partial charge in [0.25, 0.3) is 0 Å². The first kappa shape index (κ1) is 14.6. The predicted molar refractivity (Wildman–Crippen MR) is 91.5 cm³/mol. The van der Waals surface area contributed by atoms with Gasteiger partial charge in [0.15, 0.2) is 0 Å². The Labute approximate surface area is 132 Å². The molecule has 1 unspecified atom stereocenters. The average molecular weight is 294 g/mol. The molecule has 1 amide bonds. The van der Waals surface area contributed by atoms with E-state index in [0.717, 1.165) is 30.5 Å². The Balaban J connectivity index is 1.62. The highest BCUT2D eigenvalue weighted by Gasteiger charge is 2.29. The van der Waals surface area contributed by atoms with E-state index in [-0.39, 0.29) is 11.8 Å². The molecule has 0 saturated carbocycles. The SMILES string of the molecule is CN(C)c1cccc(CCCC2C(=O)Nc3ccccc32)c1. The van der Waals surface area contributed by atoms with Crippen LogP contribution in [0.5, 0.6) is 0 Å². The van der Waals surface area contributed by atoms with Crippen molar-refractivity contribution in [3.05, 3.63) is 59.7 Å². The van der Waals surface area contributed by atoms with Gasteiger partial charge in [-0.05, 0) is 48.6 Å². The molecule has 0 spiro atoms. The van der Waals surface area contributed by atoms with Crippen LogP contribution in [-0.2, 0) is 11.2 Å². The lowest BCUT2D eigenvalue weighted by atomic mass is 9.94. The molecule has 0 radical (unpaired) electrons. The molecule has 1 atom stereocenters. The highest BCUT2D eigenvalue weighted by molar-refractivity contribution is 6.02. The number of hydrogen-bond acceptors (Lipinski definition) is 2. The highest BCUT2D eigenvalue weighted by atomic mass is 16.2. The maximum absolute atomic E-state index is 12.1. The lowest BCUT2D eigenvalue weighted by Crippen LogP contribution is -2.12.